The molecule has 0 radical (unpaired) electrons. The molecule has 0 saturated heterocycles. The van der Waals surface area contributed by atoms with Crippen LogP contribution in [-0.4, -0.2) is 44.3 Å². The number of halogens is 3. The third kappa shape index (κ3) is 2.25. The zero-order valence-electron chi connectivity index (χ0n) is 16.7. The molecule has 30 heavy (non-hydrogen) atoms. The summed E-state index contributed by atoms with van der Waals surface area (Å²) < 4.78 is 47.1. The molecule has 3 fully saturated rings. The summed E-state index contributed by atoms with van der Waals surface area (Å²) in [6.07, 6.45) is -1.43. The van der Waals surface area contributed by atoms with Gasteiger partial charge in [0.15, 0.2) is 0 Å². The van der Waals surface area contributed by atoms with Crippen LogP contribution < -0.4 is 0 Å². The number of rotatable bonds is 3. The largest absolute Gasteiger partial charge is 0.469 e. The molecule has 6 rings (SSSR count). The van der Waals surface area contributed by atoms with Crippen molar-refractivity contribution in [3.8, 4) is 11.3 Å². The molecule has 2 aromatic heterocycles. The number of aromatic nitrogens is 4. The van der Waals surface area contributed by atoms with Crippen LogP contribution in [0.5, 0.6) is 0 Å². The Morgan fingerprint density at radius 1 is 1.33 bits per heavy atom. The third-order valence-electron chi connectivity index (χ3n) is 7.09. The number of hydrogen-bond acceptors (Lipinski definition) is 6. The van der Waals surface area contributed by atoms with Gasteiger partial charge >= 0.3 is 12.1 Å². The van der Waals surface area contributed by atoms with E-state index in [4.69, 9.17) is 9.84 Å². The number of carbonyl (C=O) groups excluding carboxylic acids is 1. The van der Waals surface area contributed by atoms with E-state index in [0.29, 0.717) is 49.6 Å². The highest BCUT2D eigenvalue weighted by Gasteiger charge is 2.73. The van der Waals surface area contributed by atoms with E-state index in [-0.39, 0.29) is 17.3 Å². The summed E-state index contributed by atoms with van der Waals surface area (Å²) >= 11 is 0. The molecule has 0 spiro atoms. The smallest absolute Gasteiger partial charge is 0.422 e. The van der Waals surface area contributed by atoms with Gasteiger partial charge in [-0.1, -0.05) is 6.92 Å². The van der Waals surface area contributed by atoms with Crippen LogP contribution in [0.3, 0.4) is 0 Å². The molecule has 0 amide bonds. The Balaban J connectivity index is 1.55. The molecule has 0 aromatic carbocycles. The molecule has 7 nitrogen and oxygen atoms in total. The van der Waals surface area contributed by atoms with Crippen molar-refractivity contribution in [3.05, 3.63) is 29.2 Å². The zero-order valence-corrected chi connectivity index (χ0v) is 16.7. The van der Waals surface area contributed by atoms with Gasteiger partial charge in [-0.3, -0.25) is 9.48 Å². The Kier molecular flexibility index (Phi) is 3.63. The molecule has 2 atom stereocenters. The molecule has 1 aliphatic heterocycles. The molecule has 4 aliphatic rings. The van der Waals surface area contributed by atoms with Gasteiger partial charge in [-0.25, -0.2) is 0 Å². The van der Waals surface area contributed by atoms with Crippen molar-refractivity contribution in [1.29, 1.82) is 0 Å². The van der Waals surface area contributed by atoms with Crippen LogP contribution >= 0.6 is 0 Å². The third-order valence-corrected chi connectivity index (χ3v) is 7.09. The lowest BCUT2D eigenvalue weighted by molar-refractivity contribution is -0.260. The van der Waals surface area contributed by atoms with Crippen LogP contribution in [0.4, 0.5) is 13.2 Å². The van der Waals surface area contributed by atoms with E-state index in [1.54, 1.807) is 11.6 Å². The van der Waals surface area contributed by atoms with Crippen molar-refractivity contribution in [2.45, 2.75) is 62.8 Å². The normalized spacial score (nSPS) is 31.0. The molecular formula is C20H21F3N4O3. The number of aliphatic hydroxyl groups is 1. The van der Waals surface area contributed by atoms with Crippen molar-refractivity contribution < 1.29 is 27.8 Å². The Morgan fingerprint density at radius 3 is 2.60 bits per heavy atom. The predicted octanol–water partition coefficient (Wildman–Crippen LogP) is 2.82. The Labute approximate surface area is 170 Å². The average Bonchev–Trinajstić information content (AvgIpc) is 3.01. The first-order valence-corrected chi connectivity index (χ1v) is 9.76. The highest BCUT2D eigenvalue weighted by atomic mass is 19.4. The van der Waals surface area contributed by atoms with E-state index < -0.39 is 22.9 Å². The van der Waals surface area contributed by atoms with Gasteiger partial charge in [0.2, 0.25) is 5.60 Å². The predicted molar refractivity (Wildman–Crippen MR) is 97.3 cm³/mol. The van der Waals surface area contributed by atoms with Gasteiger partial charge in [-0.2, -0.15) is 28.5 Å². The first-order valence-electron chi connectivity index (χ1n) is 9.76. The van der Waals surface area contributed by atoms with Crippen molar-refractivity contribution in [1.82, 2.24) is 20.0 Å². The number of carbonyl (C=O) groups is 1. The van der Waals surface area contributed by atoms with Crippen molar-refractivity contribution in [2.75, 3.05) is 7.11 Å². The summed E-state index contributed by atoms with van der Waals surface area (Å²) in [6.45, 7) is 2.86. The van der Waals surface area contributed by atoms with E-state index in [1.165, 1.54) is 13.3 Å². The summed E-state index contributed by atoms with van der Waals surface area (Å²) in [6, 6.07) is 1.87. The SMILES string of the molecule is COC(=O)C12CC(c3cc4n(n3)C[C@H](C)c3c-4cnnc3[C@@](C)(O)C(F)(F)F)(C1)C2. The maximum atomic E-state index is 13.5. The molecule has 3 saturated carbocycles. The number of ether oxygens (including phenoxy) is 1. The summed E-state index contributed by atoms with van der Waals surface area (Å²) in [5.41, 5.74) is -1.83. The lowest BCUT2D eigenvalue weighted by Gasteiger charge is -2.67. The Bertz CT molecular complexity index is 1060. The lowest BCUT2D eigenvalue weighted by atomic mass is 9.34. The van der Waals surface area contributed by atoms with Gasteiger partial charge < -0.3 is 9.84 Å². The molecule has 10 heteroatoms. The highest BCUT2D eigenvalue weighted by Crippen LogP contribution is 2.73. The van der Waals surface area contributed by atoms with Crippen molar-refractivity contribution >= 4 is 5.97 Å². The van der Waals surface area contributed by atoms with Gasteiger partial charge in [0.1, 0.15) is 5.69 Å². The quantitative estimate of drug-likeness (QED) is 0.765. The Morgan fingerprint density at radius 2 is 2.00 bits per heavy atom. The monoisotopic (exact) mass is 422 g/mol. The van der Waals surface area contributed by atoms with E-state index in [2.05, 4.69) is 10.2 Å². The topological polar surface area (TPSA) is 90.1 Å². The van der Waals surface area contributed by atoms with Gasteiger partial charge in [-0.15, -0.1) is 0 Å². The molecule has 2 aromatic rings. The summed E-state index contributed by atoms with van der Waals surface area (Å²) in [5, 5.41) is 22.4. The number of nitrogens with zero attached hydrogens (tertiary/aromatic N) is 4. The molecule has 1 N–H and O–H groups in total. The molecular weight excluding hydrogens is 401 g/mol. The second kappa shape index (κ2) is 5.60. The van der Waals surface area contributed by atoms with E-state index >= 15 is 0 Å². The van der Waals surface area contributed by atoms with Crippen LogP contribution in [0.15, 0.2) is 12.3 Å². The van der Waals surface area contributed by atoms with E-state index in [0.717, 1.165) is 5.69 Å². The lowest BCUT2D eigenvalue weighted by Crippen LogP contribution is -2.68. The van der Waals surface area contributed by atoms with Crippen molar-refractivity contribution in [3.63, 3.8) is 0 Å². The number of hydrogen-bond donors (Lipinski definition) is 1. The second-order valence-corrected chi connectivity index (χ2v) is 9.17. The Hall–Kier alpha value is -2.49. The van der Waals surface area contributed by atoms with Gasteiger partial charge in [0.05, 0.1) is 30.1 Å². The average molecular weight is 422 g/mol. The number of esters is 1. The fourth-order valence-electron chi connectivity index (χ4n) is 5.47. The molecule has 0 unspecified atom stereocenters. The maximum Gasteiger partial charge on any atom is 0.422 e. The first-order chi connectivity index (χ1) is 13.9. The minimum Gasteiger partial charge on any atom is -0.469 e. The summed E-state index contributed by atoms with van der Waals surface area (Å²) in [4.78, 5) is 12.0. The van der Waals surface area contributed by atoms with Crippen LogP contribution in [0.2, 0.25) is 0 Å². The van der Waals surface area contributed by atoms with Crippen LogP contribution in [0, 0.1) is 5.41 Å². The number of methoxy groups -OCH3 is 1. The maximum absolute atomic E-state index is 13.5. The van der Waals surface area contributed by atoms with Crippen LogP contribution in [-0.2, 0) is 27.1 Å². The molecule has 160 valence electrons. The second-order valence-electron chi connectivity index (χ2n) is 9.17. The number of alkyl halides is 3. The standard InChI is InChI=1S/C20H21F3N4O3/c1-10-6-27-12(4-13(26-27)18-7-19(8-18,9-18)16(28)30-3)11-5-24-25-15(14(10)11)17(2,29)20(21,22)23/h4-5,10,29H,6-9H2,1-3H3/t10-,17+,18?,19?/m0/s1. The van der Waals surface area contributed by atoms with Gasteiger partial charge in [0, 0.05) is 23.4 Å². The minimum absolute atomic E-state index is 0.178. The molecule has 3 heterocycles. The zero-order chi connectivity index (χ0) is 21.7. The first kappa shape index (κ1) is 19.5. The highest BCUT2D eigenvalue weighted by molar-refractivity contribution is 5.82. The summed E-state index contributed by atoms with van der Waals surface area (Å²) in [5.74, 6) is -0.532. The molecule has 3 aliphatic carbocycles. The van der Waals surface area contributed by atoms with E-state index in [1.807, 2.05) is 6.07 Å². The molecule has 2 bridgehead atoms. The van der Waals surface area contributed by atoms with Crippen molar-refractivity contribution in [2.24, 2.45) is 5.41 Å². The van der Waals surface area contributed by atoms with Crippen LogP contribution in [0.1, 0.15) is 56.0 Å². The summed E-state index contributed by atoms with van der Waals surface area (Å²) in [7, 11) is 1.39. The number of fused-ring (bicyclic) bond motifs is 3. The fourth-order valence-corrected chi connectivity index (χ4v) is 5.47. The van der Waals surface area contributed by atoms with Gasteiger partial charge in [-0.05, 0) is 37.8 Å². The fraction of sp³-hybridized carbons (Fsp3) is 0.600. The van der Waals surface area contributed by atoms with E-state index in [9.17, 15) is 23.1 Å². The van der Waals surface area contributed by atoms with Crippen LogP contribution in [0.25, 0.3) is 11.3 Å². The minimum atomic E-state index is -4.88. The van der Waals surface area contributed by atoms with Gasteiger partial charge in [0.25, 0.3) is 0 Å².